The number of ether oxygens (including phenoxy) is 2. The number of hydrogen-bond donors (Lipinski definition) is 2. The zero-order valence-electron chi connectivity index (χ0n) is 14.1. The molecule has 0 radical (unpaired) electrons. The third-order valence-corrected chi connectivity index (χ3v) is 2.83. The summed E-state index contributed by atoms with van der Waals surface area (Å²) in [5.74, 6) is -3.65. The molecule has 23 heavy (non-hydrogen) atoms. The number of esters is 2. The van der Waals surface area contributed by atoms with Crippen molar-refractivity contribution in [1.29, 1.82) is 0 Å². The molecule has 7 heteroatoms. The Morgan fingerprint density at radius 1 is 0.957 bits per heavy atom. The van der Waals surface area contributed by atoms with E-state index < -0.39 is 40.2 Å². The first-order valence-corrected chi connectivity index (χ1v) is 7.10. The van der Waals surface area contributed by atoms with Crippen LogP contribution in [-0.2, 0) is 19.1 Å². The lowest BCUT2D eigenvalue weighted by Gasteiger charge is -2.39. The molecule has 1 aliphatic rings. The van der Waals surface area contributed by atoms with Crippen LogP contribution in [0.1, 0.15) is 41.5 Å². The van der Waals surface area contributed by atoms with Crippen LogP contribution in [0.4, 0.5) is 4.39 Å². The molecular formula is C16H23FO6. The van der Waals surface area contributed by atoms with Crippen molar-refractivity contribution in [2.24, 2.45) is 0 Å². The molecule has 0 aromatic heterocycles. The molecule has 0 heterocycles. The van der Waals surface area contributed by atoms with Crippen molar-refractivity contribution in [2.45, 2.75) is 63.9 Å². The maximum absolute atomic E-state index is 13.6. The van der Waals surface area contributed by atoms with Gasteiger partial charge in [0.2, 0.25) is 11.2 Å². The van der Waals surface area contributed by atoms with E-state index in [9.17, 15) is 24.2 Å². The summed E-state index contributed by atoms with van der Waals surface area (Å²) in [5.41, 5.74) is -7.76. The standard InChI is InChI=1S/C16H23FO6/c1-13(2,3)22-11(18)15(20)8-7-10(17)9-16(15,21)12(19)23-14(4,5)6/h7-9,20-21H,1-6H3/i17-1. The lowest BCUT2D eigenvalue weighted by molar-refractivity contribution is -0.207. The van der Waals surface area contributed by atoms with Crippen molar-refractivity contribution in [3.8, 4) is 0 Å². The predicted octanol–water partition coefficient (Wildman–Crippen LogP) is 1.56. The van der Waals surface area contributed by atoms with E-state index in [4.69, 9.17) is 9.47 Å². The van der Waals surface area contributed by atoms with Gasteiger partial charge in [-0.3, -0.25) is 0 Å². The number of hydrogen-bond acceptors (Lipinski definition) is 6. The molecule has 1 rings (SSSR count). The van der Waals surface area contributed by atoms with Gasteiger partial charge in [-0.05, 0) is 59.8 Å². The summed E-state index contributed by atoms with van der Waals surface area (Å²) < 4.78 is 23.6. The van der Waals surface area contributed by atoms with Crippen LogP contribution in [0.3, 0.4) is 0 Å². The van der Waals surface area contributed by atoms with Gasteiger partial charge >= 0.3 is 11.9 Å². The van der Waals surface area contributed by atoms with E-state index in [0.717, 1.165) is 6.08 Å². The van der Waals surface area contributed by atoms with Gasteiger partial charge in [-0.25, -0.2) is 14.0 Å². The first-order valence-electron chi connectivity index (χ1n) is 7.10. The smallest absolute Gasteiger partial charge is 0.346 e. The van der Waals surface area contributed by atoms with Gasteiger partial charge in [0, 0.05) is 0 Å². The molecule has 0 aliphatic heterocycles. The fourth-order valence-electron chi connectivity index (χ4n) is 1.83. The molecule has 0 saturated heterocycles. The summed E-state index contributed by atoms with van der Waals surface area (Å²) in [6.07, 6.45) is 1.88. The van der Waals surface area contributed by atoms with E-state index >= 15 is 0 Å². The monoisotopic (exact) mass is 329 g/mol. The van der Waals surface area contributed by atoms with Gasteiger partial charge in [-0.15, -0.1) is 0 Å². The molecule has 1 aliphatic carbocycles. The zero-order valence-corrected chi connectivity index (χ0v) is 14.1. The molecule has 0 fully saturated rings. The molecule has 0 aromatic carbocycles. The minimum atomic E-state index is -2.94. The normalized spacial score (nSPS) is 28.1. The zero-order chi connectivity index (χ0) is 18.3. The topological polar surface area (TPSA) is 93.1 Å². The molecule has 0 amide bonds. The summed E-state index contributed by atoms with van der Waals surface area (Å²) >= 11 is 0. The van der Waals surface area contributed by atoms with E-state index in [1.165, 1.54) is 20.8 Å². The molecule has 0 bridgehead atoms. The van der Waals surface area contributed by atoms with E-state index in [1.54, 1.807) is 20.8 Å². The molecule has 6 nitrogen and oxygen atoms in total. The Morgan fingerprint density at radius 3 is 1.74 bits per heavy atom. The van der Waals surface area contributed by atoms with Crippen LogP contribution >= 0.6 is 0 Å². The SMILES string of the molecule is CC(C)(C)OC(=O)C1(O)C=CC([18F])=CC1(O)C(=O)OC(C)(C)C. The van der Waals surface area contributed by atoms with Gasteiger partial charge in [0.05, 0.1) is 0 Å². The molecule has 2 atom stereocenters. The molecular weight excluding hydrogens is 306 g/mol. The Bertz CT molecular complexity index is 566. The van der Waals surface area contributed by atoms with Crippen molar-refractivity contribution < 1.29 is 33.7 Å². The van der Waals surface area contributed by atoms with Crippen molar-refractivity contribution in [1.82, 2.24) is 0 Å². The van der Waals surface area contributed by atoms with Crippen molar-refractivity contribution in [3.63, 3.8) is 0 Å². The van der Waals surface area contributed by atoms with Crippen molar-refractivity contribution in [2.75, 3.05) is 0 Å². The highest BCUT2D eigenvalue weighted by Gasteiger charge is 2.62. The van der Waals surface area contributed by atoms with Gasteiger partial charge in [0.25, 0.3) is 0 Å². The van der Waals surface area contributed by atoms with Crippen LogP contribution in [-0.4, -0.2) is 44.6 Å². The Hall–Kier alpha value is -1.73. The summed E-state index contributed by atoms with van der Waals surface area (Å²) in [5, 5.41) is 21.2. The number of carbonyl (C=O) groups excluding carboxylic acids is 2. The van der Waals surface area contributed by atoms with Gasteiger partial charge in [0.15, 0.2) is 0 Å². The summed E-state index contributed by atoms with van der Waals surface area (Å²) in [7, 11) is 0. The third kappa shape index (κ3) is 4.17. The summed E-state index contributed by atoms with van der Waals surface area (Å²) in [6, 6.07) is 0. The van der Waals surface area contributed by atoms with E-state index in [2.05, 4.69) is 0 Å². The molecule has 2 unspecified atom stereocenters. The maximum atomic E-state index is 13.6. The third-order valence-electron chi connectivity index (χ3n) is 2.83. The second-order valence-electron chi connectivity index (χ2n) is 7.40. The van der Waals surface area contributed by atoms with Gasteiger partial charge in [-0.1, -0.05) is 0 Å². The number of allylic oxidation sites excluding steroid dienone is 2. The van der Waals surface area contributed by atoms with Crippen molar-refractivity contribution in [3.05, 3.63) is 24.1 Å². The van der Waals surface area contributed by atoms with Gasteiger partial charge in [0.1, 0.15) is 17.0 Å². The molecule has 0 spiro atoms. The van der Waals surface area contributed by atoms with Crippen LogP contribution in [0.5, 0.6) is 0 Å². The predicted molar refractivity (Wildman–Crippen MR) is 79.9 cm³/mol. The highest BCUT2D eigenvalue weighted by molar-refractivity contribution is 5.97. The number of carbonyl (C=O) groups is 2. The Balaban J connectivity index is 3.31. The molecule has 0 aromatic rings. The number of aliphatic hydroxyl groups is 2. The lowest BCUT2D eigenvalue weighted by atomic mass is 9.78. The maximum Gasteiger partial charge on any atom is 0.346 e. The van der Waals surface area contributed by atoms with Crippen molar-refractivity contribution >= 4 is 11.9 Å². The average molecular weight is 329 g/mol. The minimum Gasteiger partial charge on any atom is -0.457 e. The van der Waals surface area contributed by atoms with E-state index in [-0.39, 0.29) is 0 Å². The minimum absolute atomic E-state index is 0.436. The fraction of sp³-hybridized carbons (Fsp3) is 0.625. The van der Waals surface area contributed by atoms with Crippen LogP contribution in [0.15, 0.2) is 24.1 Å². The fourth-order valence-corrected chi connectivity index (χ4v) is 1.83. The first kappa shape index (κ1) is 19.3. The number of halogens is 1. The summed E-state index contributed by atoms with van der Waals surface area (Å²) in [4.78, 5) is 24.6. The quantitative estimate of drug-likeness (QED) is 0.747. The van der Waals surface area contributed by atoms with Crippen LogP contribution < -0.4 is 0 Å². The number of rotatable bonds is 2. The molecule has 2 N–H and O–H groups in total. The second kappa shape index (κ2) is 5.72. The Labute approximate surface area is 134 Å². The Morgan fingerprint density at radius 2 is 1.35 bits per heavy atom. The average Bonchev–Trinajstić information content (AvgIpc) is 2.29. The second-order valence-corrected chi connectivity index (χ2v) is 7.40. The van der Waals surface area contributed by atoms with Crippen LogP contribution in [0.25, 0.3) is 0 Å². The summed E-state index contributed by atoms with van der Waals surface area (Å²) in [6.45, 7) is 9.22. The largest absolute Gasteiger partial charge is 0.457 e. The Kier molecular flexibility index (Phi) is 4.81. The highest BCUT2D eigenvalue weighted by Crippen LogP contribution is 2.36. The highest BCUT2D eigenvalue weighted by atomic mass is 18.2. The lowest BCUT2D eigenvalue weighted by Crippen LogP contribution is -2.64. The first-order chi connectivity index (χ1) is 10.1. The van der Waals surface area contributed by atoms with E-state index in [1.807, 2.05) is 0 Å². The van der Waals surface area contributed by atoms with Gasteiger partial charge in [-0.2, -0.15) is 0 Å². The van der Waals surface area contributed by atoms with Gasteiger partial charge < -0.3 is 19.7 Å². The van der Waals surface area contributed by atoms with Crippen LogP contribution in [0, 0.1) is 0 Å². The van der Waals surface area contributed by atoms with E-state index in [0.29, 0.717) is 12.2 Å². The molecule has 0 saturated carbocycles. The molecule has 130 valence electrons. The van der Waals surface area contributed by atoms with Crippen LogP contribution in [0.2, 0.25) is 0 Å².